The summed E-state index contributed by atoms with van der Waals surface area (Å²) in [5, 5.41) is 39.7. The maximum Gasteiger partial charge on any atom is 0.226 e. The molecule has 7 aromatic carbocycles. The molecule has 11 heterocycles. The molecule has 0 radical (unpaired) electrons. The lowest BCUT2D eigenvalue weighted by Crippen LogP contribution is -2.16. The summed E-state index contributed by atoms with van der Waals surface area (Å²) < 4.78 is 24.7. The summed E-state index contributed by atoms with van der Waals surface area (Å²) in [7, 11) is 6.52. The smallest absolute Gasteiger partial charge is 0.226 e. The fraction of sp³-hybridized carbons (Fsp3) is 0.241. The highest BCUT2D eigenvalue weighted by Crippen LogP contribution is 2.32. The van der Waals surface area contributed by atoms with Gasteiger partial charge in [-0.3, -0.25) is 24.5 Å². The quantitative estimate of drug-likeness (QED) is 0.0268. The number of methoxy groups -OCH3 is 4. The number of carbonyl (C=O) groups is 2. The van der Waals surface area contributed by atoms with E-state index in [0.29, 0.717) is 60.1 Å². The second kappa shape index (κ2) is 42.3. The molecule has 0 fully saturated rings. The molecular formula is C87H91Cl4N23O8. The molecule has 0 bridgehead atoms. The van der Waals surface area contributed by atoms with Gasteiger partial charge in [-0.1, -0.05) is 84.4 Å². The Morgan fingerprint density at radius 3 is 1.46 bits per heavy atom. The summed E-state index contributed by atoms with van der Waals surface area (Å²) in [5.74, 6) is 6.47. The van der Waals surface area contributed by atoms with Gasteiger partial charge >= 0.3 is 0 Å². The van der Waals surface area contributed by atoms with Crippen LogP contribution in [0.1, 0.15) is 87.0 Å². The minimum absolute atomic E-state index is 0.187. The number of nitrogen functional groups attached to an aromatic ring is 3. The number of aromatic nitrogens is 16. The number of rotatable bonds is 15. The summed E-state index contributed by atoms with van der Waals surface area (Å²) in [6.07, 6.45) is 3.68. The Balaban J connectivity index is 0.000000144. The van der Waals surface area contributed by atoms with E-state index in [1.54, 1.807) is 37.5 Å². The van der Waals surface area contributed by atoms with Gasteiger partial charge in [0.15, 0.2) is 34.5 Å². The van der Waals surface area contributed by atoms with E-state index in [9.17, 15) is 9.59 Å². The zero-order valence-electron chi connectivity index (χ0n) is 68.8. The number of alkyl halides is 1. The number of hydrogen-bond donors (Lipinski definition) is 8. The predicted molar refractivity (Wildman–Crippen MR) is 478 cm³/mol. The van der Waals surface area contributed by atoms with Gasteiger partial charge in [-0.15, -0.1) is 21.8 Å². The van der Waals surface area contributed by atoms with Gasteiger partial charge in [0.25, 0.3) is 0 Å². The van der Waals surface area contributed by atoms with E-state index in [0.717, 1.165) is 165 Å². The molecule has 0 unspecified atom stereocenters. The number of nitrogens with two attached hydrogens (primary N) is 3. The van der Waals surface area contributed by atoms with Crippen LogP contribution in [0.15, 0.2) is 164 Å². The summed E-state index contributed by atoms with van der Waals surface area (Å²) in [6.45, 7) is 17.3. The highest BCUT2D eigenvalue weighted by atomic mass is 35.5. The van der Waals surface area contributed by atoms with E-state index in [1.807, 2.05) is 187 Å². The maximum atomic E-state index is 9.56. The molecule has 0 spiro atoms. The molecule has 0 saturated carbocycles. The number of nitrogens with one attached hydrogen (secondary N) is 3. The van der Waals surface area contributed by atoms with Crippen molar-refractivity contribution in [3.05, 3.63) is 253 Å². The van der Waals surface area contributed by atoms with Crippen LogP contribution in [0, 0.1) is 34.6 Å². The second-order valence-corrected chi connectivity index (χ2v) is 29.1. The van der Waals surface area contributed by atoms with E-state index < -0.39 is 0 Å². The van der Waals surface area contributed by atoms with Crippen molar-refractivity contribution < 1.29 is 38.7 Å². The monoisotopic (exact) mass is 1730 g/mol. The Morgan fingerprint density at radius 2 is 0.934 bits per heavy atom. The lowest BCUT2D eigenvalue weighted by molar-refractivity contribution is -0.120. The molecule has 11 N–H and O–H groups in total. The third-order valence-electron chi connectivity index (χ3n) is 19.0. The number of aliphatic hydroxyl groups is 2. The van der Waals surface area contributed by atoms with E-state index in [1.165, 1.54) is 30.7 Å². The number of ketones is 2. The highest BCUT2D eigenvalue weighted by Gasteiger charge is 2.23. The van der Waals surface area contributed by atoms with Crippen LogP contribution in [0.2, 0.25) is 15.7 Å². The van der Waals surface area contributed by atoms with Crippen LogP contribution in [0.4, 0.5) is 29.5 Å². The van der Waals surface area contributed by atoms with Gasteiger partial charge in [0.1, 0.15) is 53.0 Å². The van der Waals surface area contributed by atoms with Crippen molar-refractivity contribution in [1.82, 2.24) is 89.3 Å². The van der Waals surface area contributed by atoms with Gasteiger partial charge in [-0.2, -0.15) is 14.0 Å². The molecule has 0 aliphatic carbocycles. The molecule has 0 atom stereocenters. The van der Waals surface area contributed by atoms with Crippen LogP contribution in [-0.4, -0.2) is 147 Å². The van der Waals surface area contributed by atoms with E-state index >= 15 is 0 Å². The third kappa shape index (κ3) is 22.5. The van der Waals surface area contributed by atoms with Crippen LogP contribution < -0.4 is 52.1 Å². The van der Waals surface area contributed by atoms with Gasteiger partial charge in [0, 0.05) is 102 Å². The first-order valence-corrected chi connectivity index (χ1v) is 39.8. The Labute approximate surface area is 722 Å². The number of aliphatic hydroxyl groups excluding tert-OH is 2. The van der Waals surface area contributed by atoms with Crippen LogP contribution in [0.25, 0.3) is 65.8 Å². The lowest BCUT2D eigenvalue weighted by atomic mass is 10.1. The Hall–Kier alpha value is -13.0. The largest absolute Gasteiger partial charge is 0.497 e. The fourth-order valence-corrected chi connectivity index (χ4v) is 13.6. The van der Waals surface area contributed by atoms with Gasteiger partial charge < -0.3 is 62.3 Å². The van der Waals surface area contributed by atoms with E-state index in [2.05, 4.69) is 93.0 Å². The predicted octanol–water partition coefficient (Wildman–Crippen LogP) is 14.4. The first-order valence-electron chi connectivity index (χ1n) is 38.1. The molecule has 0 amide bonds. The maximum absolute atomic E-state index is 9.56. The van der Waals surface area contributed by atoms with Crippen molar-refractivity contribution in [3.8, 4) is 23.0 Å². The number of hydrogen-bond acceptors (Lipinski definition) is 29. The average molecular weight is 1730 g/mol. The van der Waals surface area contributed by atoms with Crippen LogP contribution in [0.5, 0.6) is 23.0 Å². The SMILES string of the molecule is CC(=O)CO.CC(=O)CO.COc1ccc(CNc2nc(N)c3cccc(C)c3n2)c(OC)c1.COc1ccc(CNc2nc3c(C)cccc3c3nc(CCl)nn23)c(OC)c1.Cc1cccc2c(Cl)nc(Cl)nc12.Cc1cccc2c(N)nc(Cl)nc12.Cc1cccc2c1nc(N)n1nc(CN3Cc4cccnc4C3)nc21.c1cnc2c(c1)CNC2. The zero-order chi connectivity index (χ0) is 87.3. The van der Waals surface area contributed by atoms with Crippen molar-refractivity contribution in [2.75, 3.05) is 69.5 Å². The minimum Gasteiger partial charge on any atom is -0.497 e. The molecular weight excluding hydrogens is 1640 g/mol. The molecule has 0 saturated heterocycles. The van der Waals surface area contributed by atoms with Gasteiger partial charge in [0.05, 0.1) is 79.8 Å². The van der Waals surface area contributed by atoms with Gasteiger partial charge in [-0.05, 0) is 177 Å². The Morgan fingerprint density at radius 1 is 0.475 bits per heavy atom. The van der Waals surface area contributed by atoms with Crippen molar-refractivity contribution in [1.29, 1.82) is 0 Å². The number of halogens is 4. The van der Waals surface area contributed by atoms with Crippen LogP contribution in [0.3, 0.4) is 0 Å². The Bertz CT molecular complexity index is 6270. The second-order valence-electron chi connectivity index (χ2n) is 27.8. The van der Waals surface area contributed by atoms with Gasteiger partial charge in [-0.25, -0.2) is 44.9 Å². The lowest BCUT2D eigenvalue weighted by Gasteiger charge is -2.13. The van der Waals surface area contributed by atoms with Crippen molar-refractivity contribution in [2.24, 2.45) is 0 Å². The van der Waals surface area contributed by atoms with E-state index in [4.69, 9.17) is 103 Å². The zero-order valence-corrected chi connectivity index (χ0v) is 71.9. The molecule has 122 heavy (non-hydrogen) atoms. The number of ether oxygens (including phenoxy) is 4. The van der Waals surface area contributed by atoms with Crippen molar-refractivity contribution >= 4 is 153 Å². The number of fused-ring (bicyclic) bond motifs is 11. The molecule has 2 aliphatic heterocycles. The summed E-state index contributed by atoms with van der Waals surface area (Å²) in [4.78, 5) is 73.5. The summed E-state index contributed by atoms with van der Waals surface area (Å²) in [6, 6.07) is 49.0. The molecule has 31 nitrogen and oxygen atoms in total. The summed E-state index contributed by atoms with van der Waals surface area (Å²) in [5.41, 5.74) is 35.8. The normalized spacial score (nSPS) is 11.6. The Kier molecular flexibility index (Phi) is 31.1. The number of aryl methyl sites for hydroxylation is 5. The summed E-state index contributed by atoms with van der Waals surface area (Å²) >= 11 is 23.2. The van der Waals surface area contributed by atoms with Crippen LogP contribution >= 0.6 is 46.4 Å². The number of carbonyl (C=O) groups excluding carboxylic acids is 2. The molecule has 18 rings (SSSR count). The number of anilines is 5. The number of nitrogens with zero attached hydrogens (tertiary/aromatic N) is 17. The number of para-hydroxylation sites is 5. The number of Topliss-reactive ketones (excluding diaryl/α,β-unsaturated/α-hetero) is 2. The van der Waals surface area contributed by atoms with Gasteiger partial charge in [0.2, 0.25) is 28.4 Å². The molecule has 16 aromatic rings. The number of benzene rings is 7. The topological polar surface area (TPSA) is 418 Å². The first-order chi connectivity index (χ1) is 58.8. The van der Waals surface area contributed by atoms with E-state index in [-0.39, 0.29) is 41.2 Å². The highest BCUT2D eigenvalue weighted by molar-refractivity contribution is 6.35. The molecule has 35 heteroatoms. The minimum atomic E-state index is -0.333. The number of pyridine rings is 2. The van der Waals surface area contributed by atoms with Crippen molar-refractivity contribution in [3.63, 3.8) is 0 Å². The fourth-order valence-electron chi connectivity index (χ4n) is 12.8. The average Bonchev–Trinajstić information content (AvgIpc) is 1.59. The molecule has 9 aromatic heterocycles. The standard InChI is InChI=1S/C20H20ClN5O2.C18H17N7.C18H20N4O2.C9H6Cl2N2.C9H8ClN3.C7H8N2.2C3H6O2/c1-12-5-4-6-15-18(12)24-20(26-19(15)23-17(10-21)25-26)22-11-13-7-8-14(27-2)9-16(13)28-3;1-11-4-2-6-13-16(11)22-18(19)25-17(13)21-15(23-25)10-24-8-12-5-3-7-20-14(12)9-24;1-11-5-4-6-14-16(11)21-18(22-17(14)19)20-10-12-7-8-13(23-2)9-15(12)24-3;1-5-3-2-4-6-7(5)12-9(11)13-8(6)10;1-5-3-2-4-6-7(5)12-9(10)13-8(6)11;1-2-6-4-8-5-7(6)9-3-1;2*1-3(5)2-4/h4-9H,10-11H2,1-3H3,(H,22,24);2-7H,8-10H2,1H3,(H2,19,22);4-9H,10H2,1-3H3,(H3,19,20,21,22);2-4H,1H3;2-4H,1H3,(H2,11,12,13);1-3,8H,4-5H2;2*4H,2H2,1H3. The van der Waals surface area contributed by atoms with Crippen LogP contribution in [-0.2, 0) is 61.3 Å². The first kappa shape index (κ1) is 89.8. The molecule has 2 aliphatic rings. The van der Waals surface area contributed by atoms with Crippen molar-refractivity contribution in [2.45, 2.75) is 100 Å². The third-order valence-corrected chi connectivity index (χ3v) is 19.9. The molecule has 630 valence electrons.